The fourth-order valence-corrected chi connectivity index (χ4v) is 1.44. The molecule has 0 aromatic heterocycles. The van der Waals surface area contributed by atoms with Gasteiger partial charge < -0.3 is 10.5 Å². The van der Waals surface area contributed by atoms with Crippen molar-refractivity contribution in [1.82, 2.24) is 0 Å². The van der Waals surface area contributed by atoms with Crippen molar-refractivity contribution in [1.29, 1.82) is 0 Å². The summed E-state index contributed by atoms with van der Waals surface area (Å²) in [6.07, 6.45) is 0. The van der Waals surface area contributed by atoms with Crippen LogP contribution in [0.4, 0.5) is 18.9 Å². The van der Waals surface area contributed by atoms with E-state index in [4.69, 9.17) is 10.5 Å². The van der Waals surface area contributed by atoms with Gasteiger partial charge >= 0.3 is 0 Å². The zero-order valence-corrected chi connectivity index (χ0v) is 9.29. The zero-order valence-electron chi connectivity index (χ0n) is 9.29. The molecule has 0 aliphatic heterocycles. The third-order valence-corrected chi connectivity index (χ3v) is 2.34. The number of rotatable bonds is 3. The van der Waals surface area contributed by atoms with Crippen LogP contribution < -0.4 is 10.5 Å². The topological polar surface area (TPSA) is 35.2 Å². The van der Waals surface area contributed by atoms with Gasteiger partial charge in [-0.25, -0.2) is 13.2 Å². The van der Waals surface area contributed by atoms with Crippen molar-refractivity contribution in [3.8, 4) is 5.75 Å². The van der Waals surface area contributed by atoms with E-state index in [0.717, 1.165) is 6.07 Å². The van der Waals surface area contributed by atoms with Crippen molar-refractivity contribution in [3.63, 3.8) is 0 Å². The summed E-state index contributed by atoms with van der Waals surface area (Å²) in [5.74, 6) is -2.75. The van der Waals surface area contributed by atoms with Gasteiger partial charge in [0.05, 0.1) is 0 Å². The van der Waals surface area contributed by atoms with E-state index in [-0.39, 0.29) is 12.2 Å². The normalized spacial score (nSPS) is 10.4. The maximum atomic E-state index is 13.3. The molecule has 0 unspecified atom stereocenters. The van der Waals surface area contributed by atoms with Gasteiger partial charge in [0.1, 0.15) is 18.2 Å². The summed E-state index contributed by atoms with van der Waals surface area (Å²) in [5, 5.41) is 0. The number of anilines is 1. The number of hydrogen-bond donors (Lipinski definition) is 1. The number of ether oxygens (including phenoxy) is 1. The molecule has 0 saturated carbocycles. The van der Waals surface area contributed by atoms with E-state index in [2.05, 4.69) is 0 Å². The van der Waals surface area contributed by atoms with Crippen LogP contribution in [0.3, 0.4) is 0 Å². The highest BCUT2D eigenvalue weighted by molar-refractivity contribution is 5.43. The molecule has 0 bridgehead atoms. The van der Waals surface area contributed by atoms with Crippen molar-refractivity contribution in [2.24, 2.45) is 0 Å². The fraction of sp³-hybridized carbons (Fsp3) is 0.0769. The van der Waals surface area contributed by atoms with E-state index in [0.29, 0.717) is 17.5 Å². The molecule has 5 heteroatoms. The van der Waals surface area contributed by atoms with Crippen LogP contribution in [-0.2, 0) is 6.61 Å². The van der Waals surface area contributed by atoms with Crippen LogP contribution in [-0.4, -0.2) is 0 Å². The Morgan fingerprint density at radius 2 is 1.67 bits per heavy atom. The average Bonchev–Trinajstić information content (AvgIpc) is 2.32. The molecular formula is C13H10F3NO. The van der Waals surface area contributed by atoms with Gasteiger partial charge in [-0.1, -0.05) is 6.07 Å². The van der Waals surface area contributed by atoms with Crippen molar-refractivity contribution >= 4 is 5.69 Å². The first-order chi connectivity index (χ1) is 8.56. The minimum Gasteiger partial charge on any atom is -0.489 e. The number of halogens is 3. The summed E-state index contributed by atoms with van der Waals surface area (Å²) in [6, 6.07) is 7.80. The average molecular weight is 253 g/mol. The first kappa shape index (κ1) is 12.3. The lowest BCUT2D eigenvalue weighted by Crippen LogP contribution is -2.01. The molecule has 0 saturated heterocycles. The van der Waals surface area contributed by atoms with Crippen molar-refractivity contribution in [2.45, 2.75) is 6.61 Å². The Balaban J connectivity index is 2.13. The smallest absolute Gasteiger partial charge is 0.161 e. The van der Waals surface area contributed by atoms with E-state index >= 15 is 0 Å². The Kier molecular flexibility index (Phi) is 3.41. The molecule has 2 N–H and O–H groups in total. The summed E-state index contributed by atoms with van der Waals surface area (Å²) in [7, 11) is 0. The number of benzene rings is 2. The molecule has 94 valence electrons. The number of hydrogen-bond acceptors (Lipinski definition) is 2. The molecule has 2 nitrogen and oxygen atoms in total. The second-order valence-electron chi connectivity index (χ2n) is 3.72. The molecule has 0 aliphatic rings. The van der Waals surface area contributed by atoms with E-state index in [9.17, 15) is 13.2 Å². The predicted octanol–water partition coefficient (Wildman–Crippen LogP) is 3.27. The van der Waals surface area contributed by atoms with Crippen LogP contribution in [0, 0.1) is 17.5 Å². The van der Waals surface area contributed by atoms with Crippen LogP contribution in [0.2, 0.25) is 0 Å². The minimum atomic E-state index is -1.22. The molecular weight excluding hydrogens is 243 g/mol. The summed E-state index contributed by atoms with van der Waals surface area (Å²) in [6.45, 7) is -0.202. The van der Waals surface area contributed by atoms with Crippen molar-refractivity contribution in [3.05, 3.63) is 59.4 Å². The van der Waals surface area contributed by atoms with Gasteiger partial charge in [-0.2, -0.15) is 0 Å². The molecule has 0 aliphatic carbocycles. The van der Waals surface area contributed by atoms with Crippen LogP contribution >= 0.6 is 0 Å². The predicted molar refractivity (Wildman–Crippen MR) is 61.5 cm³/mol. The molecule has 0 atom stereocenters. The standard InChI is InChI=1S/C13H10F3NO/c14-11-6-13(16)12(15)4-8(11)7-18-10-3-1-2-9(17)5-10/h1-6H,7,17H2. The molecule has 0 heterocycles. The highest BCUT2D eigenvalue weighted by Crippen LogP contribution is 2.19. The van der Waals surface area contributed by atoms with Crippen molar-refractivity contribution < 1.29 is 17.9 Å². The Bertz CT molecular complexity index is 572. The molecule has 18 heavy (non-hydrogen) atoms. The first-order valence-corrected chi connectivity index (χ1v) is 5.18. The molecule has 0 amide bonds. The van der Waals surface area contributed by atoms with E-state index in [1.54, 1.807) is 24.3 Å². The molecule has 0 spiro atoms. The van der Waals surface area contributed by atoms with Gasteiger partial charge in [-0.05, 0) is 18.2 Å². The Labute approximate surface area is 102 Å². The second kappa shape index (κ2) is 5.00. The number of nitrogen functional groups attached to an aromatic ring is 1. The summed E-state index contributed by atoms with van der Waals surface area (Å²) in [5.41, 5.74) is 5.98. The summed E-state index contributed by atoms with van der Waals surface area (Å²) < 4.78 is 44.2. The Morgan fingerprint density at radius 3 is 2.39 bits per heavy atom. The Hall–Kier alpha value is -2.17. The van der Waals surface area contributed by atoms with Crippen LogP contribution in [0.5, 0.6) is 5.75 Å². The van der Waals surface area contributed by atoms with Gasteiger partial charge in [-0.15, -0.1) is 0 Å². The number of nitrogens with two attached hydrogens (primary N) is 1. The van der Waals surface area contributed by atoms with E-state index in [1.165, 1.54) is 0 Å². The molecule has 2 aromatic rings. The molecule has 2 aromatic carbocycles. The fourth-order valence-electron chi connectivity index (χ4n) is 1.44. The van der Waals surface area contributed by atoms with Crippen LogP contribution in [0.25, 0.3) is 0 Å². The van der Waals surface area contributed by atoms with Crippen molar-refractivity contribution in [2.75, 3.05) is 5.73 Å². The van der Waals surface area contributed by atoms with Gasteiger partial charge in [0.2, 0.25) is 0 Å². The third-order valence-electron chi connectivity index (χ3n) is 2.34. The van der Waals surface area contributed by atoms with Gasteiger partial charge in [0.25, 0.3) is 0 Å². The molecule has 2 rings (SSSR count). The highest BCUT2D eigenvalue weighted by atomic mass is 19.2. The first-order valence-electron chi connectivity index (χ1n) is 5.18. The largest absolute Gasteiger partial charge is 0.489 e. The maximum Gasteiger partial charge on any atom is 0.161 e. The van der Waals surface area contributed by atoms with Gasteiger partial charge in [-0.3, -0.25) is 0 Å². The minimum absolute atomic E-state index is 0.0590. The zero-order chi connectivity index (χ0) is 13.1. The lowest BCUT2D eigenvalue weighted by atomic mass is 10.2. The third kappa shape index (κ3) is 2.74. The van der Waals surface area contributed by atoms with Gasteiger partial charge in [0, 0.05) is 23.4 Å². The van der Waals surface area contributed by atoms with E-state index < -0.39 is 17.5 Å². The highest BCUT2D eigenvalue weighted by Gasteiger charge is 2.10. The molecule has 0 radical (unpaired) electrons. The van der Waals surface area contributed by atoms with Gasteiger partial charge in [0.15, 0.2) is 11.6 Å². The monoisotopic (exact) mass is 253 g/mol. The quantitative estimate of drug-likeness (QED) is 0.673. The summed E-state index contributed by atoms with van der Waals surface area (Å²) >= 11 is 0. The maximum absolute atomic E-state index is 13.3. The van der Waals surface area contributed by atoms with E-state index in [1.807, 2.05) is 0 Å². The Morgan fingerprint density at radius 1 is 0.944 bits per heavy atom. The molecule has 0 fully saturated rings. The lowest BCUT2D eigenvalue weighted by Gasteiger charge is -2.08. The van der Waals surface area contributed by atoms with Crippen LogP contribution in [0.15, 0.2) is 36.4 Å². The SMILES string of the molecule is Nc1cccc(OCc2cc(F)c(F)cc2F)c1. The second-order valence-corrected chi connectivity index (χ2v) is 3.72. The lowest BCUT2D eigenvalue weighted by molar-refractivity contribution is 0.298. The van der Waals surface area contributed by atoms with Crippen LogP contribution in [0.1, 0.15) is 5.56 Å². The summed E-state index contributed by atoms with van der Waals surface area (Å²) in [4.78, 5) is 0.